The van der Waals surface area contributed by atoms with Crippen LogP contribution in [-0.4, -0.2) is 51.8 Å². The molecule has 1 amide bonds. The van der Waals surface area contributed by atoms with E-state index in [0.717, 1.165) is 12.8 Å². The first-order valence-corrected chi connectivity index (χ1v) is 9.02. The lowest BCUT2D eigenvalue weighted by molar-refractivity contribution is -0.205. The summed E-state index contributed by atoms with van der Waals surface area (Å²) in [7, 11) is 0. The third-order valence-corrected chi connectivity index (χ3v) is 5.36. The normalized spacial score (nSPS) is 25.8. The van der Waals surface area contributed by atoms with Gasteiger partial charge in [-0.25, -0.2) is 4.98 Å². The van der Waals surface area contributed by atoms with E-state index in [1.54, 1.807) is 4.90 Å². The number of nitrogens with zero attached hydrogens (tertiary/aromatic N) is 2. The fraction of sp³-hybridized carbons (Fsp3) is 0.778. The zero-order valence-electron chi connectivity index (χ0n) is 15.7. The van der Waals surface area contributed by atoms with E-state index in [1.807, 2.05) is 0 Å². The molecule has 2 aliphatic heterocycles. The van der Waals surface area contributed by atoms with Gasteiger partial charge in [0.1, 0.15) is 6.26 Å². The van der Waals surface area contributed by atoms with Gasteiger partial charge in [-0.1, -0.05) is 20.8 Å². The predicted octanol–water partition coefficient (Wildman–Crippen LogP) is 2.12. The number of likely N-dealkylation sites (tertiary alicyclic amines) is 1. The second-order valence-electron chi connectivity index (χ2n) is 8.37. The number of hydrogen-bond donors (Lipinski definition) is 2. The molecule has 0 saturated carbocycles. The summed E-state index contributed by atoms with van der Waals surface area (Å²) in [5, 5.41) is 10.3. The van der Waals surface area contributed by atoms with E-state index in [4.69, 9.17) is 14.9 Å². The van der Waals surface area contributed by atoms with Crippen LogP contribution >= 0.6 is 12.4 Å². The van der Waals surface area contributed by atoms with Crippen LogP contribution in [0.3, 0.4) is 0 Å². The van der Waals surface area contributed by atoms with Gasteiger partial charge < -0.3 is 24.9 Å². The molecule has 0 bridgehead atoms. The van der Waals surface area contributed by atoms with Gasteiger partial charge in [0.2, 0.25) is 5.89 Å². The van der Waals surface area contributed by atoms with Crippen LogP contribution in [0.1, 0.15) is 62.8 Å². The summed E-state index contributed by atoms with van der Waals surface area (Å²) >= 11 is 0. The molecule has 2 aliphatic rings. The maximum Gasteiger partial charge on any atom is 0.275 e. The largest absolute Gasteiger partial charge is 0.447 e. The number of aliphatic hydroxyl groups is 1. The van der Waals surface area contributed by atoms with Crippen LogP contribution in [0, 0.1) is 5.41 Å². The minimum absolute atomic E-state index is 0. The zero-order chi connectivity index (χ0) is 18.2. The number of nitrogens with two attached hydrogens (primary N) is 1. The van der Waals surface area contributed by atoms with Crippen LogP contribution in [0.4, 0.5) is 0 Å². The maximum absolute atomic E-state index is 12.6. The lowest BCUT2D eigenvalue weighted by atomic mass is 9.76. The number of piperidine rings is 1. The van der Waals surface area contributed by atoms with Crippen molar-refractivity contribution in [3.63, 3.8) is 0 Å². The number of aromatic nitrogens is 1. The highest BCUT2D eigenvalue weighted by atomic mass is 35.5. The van der Waals surface area contributed by atoms with Crippen LogP contribution in [0.5, 0.6) is 0 Å². The van der Waals surface area contributed by atoms with E-state index >= 15 is 0 Å². The number of carbonyl (C=O) groups is 1. The molecule has 1 aromatic rings. The molecule has 0 unspecified atom stereocenters. The molecule has 2 saturated heterocycles. The first kappa shape index (κ1) is 21.2. The second kappa shape index (κ2) is 7.84. The summed E-state index contributed by atoms with van der Waals surface area (Å²) in [6, 6.07) is 0. The summed E-state index contributed by atoms with van der Waals surface area (Å²) in [6.45, 7) is 7.78. The Hall–Kier alpha value is -1.15. The van der Waals surface area contributed by atoms with E-state index in [2.05, 4.69) is 25.8 Å². The van der Waals surface area contributed by atoms with Crippen molar-refractivity contribution < 1.29 is 19.1 Å². The molecule has 7 nitrogen and oxygen atoms in total. The van der Waals surface area contributed by atoms with Crippen LogP contribution < -0.4 is 5.73 Å². The molecule has 3 heterocycles. The van der Waals surface area contributed by atoms with Crippen molar-refractivity contribution in [3.8, 4) is 0 Å². The number of aliphatic hydroxyl groups excluding tert-OH is 1. The number of rotatable bonds is 2. The molecular weight excluding hydrogens is 358 g/mol. The number of oxazole rings is 1. The summed E-state index contributed by atoms with van der Waals surface area (Å²) in [5.41, 5.74) is 5.43. The Balaban J connectivity index is 0.00000243. The third-order valence-electron chi connectivity index (χ3n) is 5.36. The van der Waals surface area contributed by atoms with Crippen LogP contribution in [-0.2, 0) is 11.3 Å². The fourth-order valence-electron chi connectivity index (χ4n) is 3.79. The van der Waals surface area contributed by atoms with Gasteiger partial charge in [0, 0.05) is 25.9 Å². The zero-order valence-corrected chi connectivity index (χ0v) is 16.6. The van der Waals surface area contributed by atoms with Crippen LogP contribution in [0.15, 0.2) is 10.7 Å². The molecule has 0 aliphatic carbocycles. The highest BCUT2D eigenvalue weighted by Gasteiger charge is 2.46. The van der Waals surface area contributed by atoms with E-state index in [1.165, 1.54) is 6.26 Å². The Morgan fingerprint density at radius 3 is 2.62 bits per heavy atom. The average molecular weight is 388 g/mol. The lowest BCUT2D eigenvalue weighted by Gasteiger charge is -2.50. The SMILES string of the molecule is CC(C)(C)[C@H]1C[C@@H](O)CC2(CCN(C(=O)c3coc(CN)n3)CC2)O1.Cl. The van der Waals surface area contributed by atoms with Gasteiger partial charge in [-0.15, -0.1) is 12.4 Å². The van der Waals surface area contributed by atoms with Gasteiger partial charge >= 0.3 is 0 Å². The molecule has 2 atom stereocenters. The smallest absolute Gasteiger partial charge is 0.275 e. The van der Waals surface area contributed by atoms with Gasteiger partial charge in [-0.05, 0) is 18.3 Å². The Morgan fingerprint density at radius 1 is 1.42 bits per heavy atom. The number of hydrogen-bond acceptors (Lipinski definition) is 6. The molecular formula is C18H30ClN3O4. The van der Waals surface area contributed by atoms with Crippen LogP contribution in [0.2, 0.25) is 0 Å². The van der Waals surface area contributed by atoms with Crippen molar-refractivity contribution in [2.24, 2.45) is 11.1 Å². The Morgan fingerprint density at radius 2 is 2.08 bits per heavy atom. The standard InChI is InChI=1S/C18H29N3O4.ClH/c1-17(2,3)14-8-12(22)9-18(25-14)4-6-21(7-5-18)16(23)13-11-24-15(10-19)20-13;/h11-12,14,22H,4-10,19H2,1-3H3;1H/t12-,14-;/m1./s1. The van der Waals surface area contributed by atoms with Gasteiger partial charge in [-0.2, -0.15) is 0 Å². The number of carbonyl (C=O) groups excluding carboxylic acids is 1. The molecule has 0 radical (unpaired) electrons. The third kappa shape index (κ3) is 4.39. The van der Waals surface area contributed by atoms with Crippen molar-refractivity contribution in [1.29, 1.82) is 0 Å². The molecule has 2 fully saturated rings. The quantitative estimate of drug-likeness (QED) is 0.805. The molecule has 26 heavy (non-hydrogen) atoms. The van der Waals surface area contributed by atoms with Crippen molar-refractivity contribution in [2.75, 3.05) is 13.1 Å². The minimum atomic E-state index is -0.345. The van der Waals surface area contributed by atoms with Crippen molar-refractivity contribution in [1.82, 2.24) is 9.88 Å². The Labute approximate surface area is 160 Å². The van der Waals surface area contributed by atoms with Gasteiger partial charge in [0.05, 0.1) is 24.4 Å². The van der Waals surface area contributed by atoms with E-state index in [-0.39, 0.29) is 48.1 Å². The van der Waals surface area contributed by atoms with Crippen molar-refractivity contribution >= 4 is 18.3 Å². The molecule has 1 aromatic heterocycles. The molecule has 3 rings (SSSR count). The lowest BCUT2D eigenvalue weighted by Crippen LogP contribution is -2.55. The summed E-state index contributed by atoms with van der Waals surface area (Å²) in [4.78, 5) is 18.4. The number of ether oxygens (including phenoxy) is 1. The van der Waals surface area contributed by atoms with Gasteiger partial charge in [-0.3, -0.25) is 4.79 Å². The summed E-state index contributed by atoms with van der Waals surface area (Å²) < 4.78 is 11.6. The Bertz CT molecular complexity index is 620. The van der Waals surface area contributed by atoms with E-state index in [0.29, 0.717) is 37.5 Å². The van der Waals surface area contributed by atoms with Crippen molar-refractivity contribution in [2.45, 2.75) is 70.8 Å². The number of amides is 1. The topological polar surface area (TPSA) is 102 Å². The summed E-state index contributed by atoms with van der Waals surface area (Å²) in [5.74, 6) is 0.227. The molecule has 1 spiro atoms. The Kier molecular flexibility index (Phi) is 6.38. The molecule has 0 aromatic carbocycles. The monoisotopic (exact) mass is 387 g/mol. The summed E-state index contributed by atoms with van der Waals surface area (Å²) in [6.07, 6.45) is 3.82. The fourth-order valence-corrected chi connectivity index (χ4v) is 3.79. The van der Waals surface area contributed by atoms with Gasteiger partial charge in [0.25, 0.3) is 5.91 Å². The van der Waals surface area contributed by atoms with Crippen molar-refractivity contribution in [3.05, 3.63) is 17.8 Å². The molecule has 3 N–H and O–H groups in total. The molecule has 148 valence electrons. The molecule has 8 heteroatoms. The van der Waals surface area contributed by atoms with E-state index in [9.17, 15) is 9.90 Å². The van der Waals surface area contributed by atoms with Gasteiger partial charge in [0.15, 0.2) is 5.69 Å². The van der Waals surface area contributed by atoms with Crippen LogP contribution in [0.25, 0.3) is 0 Å². The van der Waals surface area contributed by atoms with E-state index < -0.39 is 0 Å². The number of halogens is 1. The highest BCUT2D eigenvalue weighted by Crippen LogP contribution is 2.42. The minimum Gasteiger partial charge on any atom is -0.447 e. The second-order valence-corrected chi connectivity index (χ2v) is 8.37. The first-order valence-electron chi connectivity index (χ1n) is 9.02. The maximum atomic E-state index is 12.6. The predicted molar refractivity (Wildman–Crippen MR) is 99.1 cm³/mol. The average Bonchev–Trinajstić information content (AvgIpc) is 3.02. The highest BCUT2D eigenvalue weighted by molar-refractivity contribution is 5.92. The first-order chi connectivity index (χ1) is 11.7.